The molecule has 0 bridgehead atoms. The Morgan fingerprint density at radius 2 is 1.95 bits per heavy atom. The van der Waals surface area contributed by atoms with Crippen molar-refractivity contribution in [1.29, 1.82) is 0 Å². The van der Waals surface area contributed by atoms with E-state index in [1.165, 1.54) is 27.2 Å². The molecule has 0 spiro atoms. The summed E-state index contributed by atoms with van der Waals surface area (Å²) in [5.41, 5.74) is 0.297. The lowest BCUT2D eigenvalue weighted by Crippen LogP contribution is -2.24. The maximum Gasteiger partial charge on any atom is 0.352 e. The quantitative estimate of drug-likeness (QED) is 0.783. The molecule has 0 aliphatic rings. The van der Waals surface area contributed by atoms with Crippen molar-refractivity contribution in [1.82, 2.24) is 5.32 Å². The third-order valence-electron chi connectivity index (χ3n) is 2.28. The van der Waals surface area contributed by atoms with Gasteiger partial charge in [0.1, 0.15) is 17.2 Å². The lowest BCUT2D eigenvalue weighted by atomic mass is 10.1. The van der Waals surface area contributed by atoms with Gasteiger partial charge in [-0.15, -0.1) is 0 Å². The number of ether oxygens (including phenoxy) is 2. The zero-order valence-electron chi connectivity index (χ0n) is 10.9. The molecule has 1 amide bonds. The molecule has 0 saturated heterocycles. The van der Waals surface area contributed by atoms with Gasteiger partial charge in [0.05, 0.1) is 14.2 Å². The average Bonchev–Trinajstić information content (AvgIpc) is 2.37. The maximum absolute atomic E-state index is 11.0. The summed E-state index contributed by atoms with van der Waals surface area (Å²) in [6, 6.07) is 4.93. The van der Waals surface area contributed by atoms with Crippen LogP contribution in [0.3, 0.4) is 0 Å². The van der Waals surface area contributed by atoms with Crippen LogP contribution in [0, 0.1) is 0 Å². The van der Waals surface area contributed by atoms with E-state index in [4.69, 9.17) is 14.6 Å². The summed E-state index contributed by atoms with van der Waals surface area (Å²) in [5, 5.41) is 11.2. The van der Waals surface area contributed by atoms with Crippen LogP contribution in [0.25, 0.3) is 6.08 Å². The molecule has 6 heteroatoms. The summed E-state index contributed by atoms with van der Waals surface area (Å²) < 4.78 is 10.2. The molecule has 0 aliphatic heterocycles. The highest BCUT2D eigenvalue weighted by Gasteiger charge is 2.11. The van der Waals surface area contributed by atoms with Gasteiger partial charge in [0.15, 0.2) is 0 Å². The van der Waals surface area contributed by atoms with E-state index in [0.29, 0.717) is 17.1 Å². The zero-order chi connectivity index (χ0) is 14.4. The van der Waals surface area contributed by atoms with Gasteiger partial charge in [0.2, 0.25) is 5.91 Å². The third-order valence-corrected chi connectivity index (χ3v) is 2.28. The smallest absolute Gasteiger partial charge is 0.352 e. The summed E-state index contributed by atoms with van der Waals surface area (Å²) >= 11 is 0. The number of carboxylic acids is 1. The van der Waals surface area contributed by atoms with E-state index in [-0.39, 0.29) is 5.70 Å². The molecule has 2 N–H and O–H groups in total. The summed E-state index contributed by atoms with van der Waals surface area (Å²) in [6.07, 6.45) is 1.32. The number of nitrogens with one attached hydrogen (secondary N) is 1. The van der Waals surface area contributed by atoms with E-state index in [1.807, 2.05) is 0 Å². The summed E-state index contributed by atoms with van der Waals surface area (Å²) in [5.74, 6) is -0.650. The van der Waals surface area contributed by atoms with Gasteiger partial charge in [-0.1, -0.05) is 0 Å². The summed E-state index contributed by atoms with van der Waals surface area (Å²) in [4.78, 5) is 22.0. The molecule has 0 fully saturated rings. The normalized spacial score (nSPS) is 10.8. The molecule has 0 aromatic heterocycles. The second-order valence-corrected chi connectivity index (χ2v) is 3.65. The van der Waals surface area contributed by atoms with Crippen molar-refractivity contribution >= 4 is 18.0 Å². The first kappa shape index (κ1) is 14.6. The number of carbonyl (C=O) groups excluding carboxylic acids is 1. The highest BCUT2D eigenvalue weighted by molar-refractivity contribution is 5.96. The van der Waals surface area contributed by atoms with Crippen molar-refractivity contribution < 1.29 is 24.2 Å². The van der Waals surface area contributed by atoms with Crippen LogP contribution in [0.1, 0.15) is 12.5 Å². The van der Waals surface area contributed by atoms with E-state index in [9.17, 15) is 9.59 Å². The maximum atomic E-state index is 11.0. The molecule has 1 rings (SSSR count). The molecule has 1 aromatic carbocycles. The van der Waals surface area contributed by atoms with Gasteiger partial charge in [-0.2, -0.15) is 0 Å². The van der Waals surface area contributed by atoms with Crippen molar-refractivity contribution in [2.45, 2.75) is 6.92 Å². The lowest BCUT2D eigenvalue weighted by molar-refractivity contribution is -0.134. The third kappa shape index (κ3) is 4.02. The predicted octanol–water partition coefficient (Wildman–Crippen LogP) is 1.27. The van der Waals surface area contributed by atoms with Crippen LogP contribution >= 0.6 is 0 Å². The Labute approximate surface area is 110 Å². The first-order valence-electron chi connectivity index (χ1n) is 5.42. The van der Waals surface area contributed by atoms with Crippen LogP contribution in [0.4, 0.5) is 0 Å². The Balaban J connectivity index is 3.19. The van der Waals surface area contributed by atoms with Crippen molar-refractivity contribution in [3.05, 3.63) is 29.5 Å². The summed E-state index contributed by atoms with van der Waals surface area (Å²) in [7, 11) is 2.98. The number of benzene rings is 1. The Hall–Kier alpha value is -2.50. The second-order valence-electron chi connectivity index (χ2n) is 3.65. The number of hydrogen-bond donors (Lipinski definition) is 2. The van der Waals surface area contributed by atoms with Gasteiger partial charge in [0, 0.05) is 18.6 Å². The fourth-order valence-corrected chi connectivity index (χ4v) is 1.43. The van der Waals surface area contributed by atoms with Crippen LogP contribution in [0.5, 0.6) is 11.5 Å². The predicted molar refractivity (Wildman–Crippen MR) is 69.0 cm³/mol. The van der Waals surface area contributed by atoms with E-state index in [2.05, 4.69) is 5.32 Å². The molecule has 0 heterocycles. The average molecular weight is 265 g/mol. The second kappa shape index (κ2) is 6.44. The van der Waals surface area contributed by atoms with Crippen LogP contribution in [0.15, 0.2) is 23.9 Å². The molecule has 0 aliphatic carbocycles. The number of carbonyl (C=O) groups is 2. The number of aliphatic carboxylic acids is 1. The first-order valence-corrected chi connectivity index (χ1v) is 5.42. The van der Waals surface area contributed by atoms with Crippen LogP contribution in [-0.2, 0) is 9.59 Å². The number of amides is 1. The van der Waals surface area contributed by atoms with Gasteiger partial charge in [-0.05, 0) is 18.2 Å². The van der Waals surface area contributed by atoms with Gasteiger partial charge >= 0.3 is 5.97 Å². The fourth-order valence-electron chi connectivity index (χ4n) is 1.43. The highest BCUT2D eigenvalue weighted by atomic mass is 16.5. The van der Waals surface area contributed by atoms with Crippen LogP contribution in [0.2, 0.25) is 0 Å². The van der Waals surface area contributed by atoms with Crippen LogP contribution in [-0.4, -0.2) is 31.2 Å². The molecule has 6 nitrogen and oxygen atoms in total. The SMILES string of the molecule is COc1ccc(/C=C(/NC(C)=O)C(=O)O)c(OC)c1. The van der Waals surface area contributed by atoms with Crippen molar-refractivity contribution in [3.8, 4) is 11.5 Å². The number of hydrogen-bond acceptors (Lipinski definition) is 4. The number of carboxylic acid groups (broad SMARTS) is 1. The first-order chi connectivity index (χ1) is 8.97. The molecular formula is C13H15NO5. The van der Waals surface area contributed by atoms with Crippen molar-refractivity contribution in [2.75, 3.05) is 14.2 Å². The number of methoxy groups -OCH3 is 2. The van der Waals surface area contributed by atoms with E-state index in [1.54, 1.807) is 18.2 Å². The topological polar surface area (TPSA) is 84.9 Å². The largest absolute Gasteiger partial charge is 0.497 e. The number of rotatable bonds is 5. The zero-order valence-corrected chi connectivity index (χ0v) is 10.9. The monoisotopic (exact) mass is 265 g/mol. The Morgan fingerprint density at radius 1 is 1.26 bits per heavy atom. The standard InChI is InChI=1S/C13H15NO5/c1-8(15)14-11(13(16)17)6-9-4-5-10(18-2)7-12(9)19-3/h4-7H,1-3H3,(H,14,15)(H,16,17)/b11-6+. The van der Waals surface area contributed by atoms with Crippen LogP contribution < -0.4 is 14.8 Å². The molecule has 0 unspecified atom stereocenters. The van der Waals surface area contributed by atoms with Gasteiger partial charge in [-0.25, -0.2) is 4.79 Å². The Bertz CT molecular complexity index is 522. The molecule has 1 aromatic rings. The minimum atomic E-state index is -1.23. The van der Waals surface area contributed by atoms with E-state index in [0.717, 1.165) is 0 Å². The Kier molecular flexibility index (Phi) is 4.93. The molecule has 0 saturated carbocycles. The molecular weight excluding hydrogens is 250 g/mol. The van der Waals surface area contributed by atoms with Crippen molar-refractivity contribution in [3.63, 3.8) is 0 Å². The minimum Gasteiger partial charge on any atom is -0.497 e. The van der Waals surface area contributed by atoms with Gasteiger partial charge in [-0.3, -0.25) is 4.79 Å². The van der Waals surface area contributed by atoms with Gasteiger partial charge < -0.3 is 19.9 Å². The highest BCUT2D eigenvalue weighted by Crippen LogP contribution is 2.26. The molecule has 102 valence electrons. The molecule has 19 heavy (non-hydrogen) atoms. The van der Waals surface area contributed by atoms with E-state index < -0.39 is 11.9 Å². The van der Waals surface area contributed by atoms with Crippen molar-refractivity contribution in [2.24, 2.45) is 0 Å². The minimum absolute atomic E-state index is 0.226. The van der Waals surface area contributed by atoms with E-state index >= 15 is 0 Å². The molecule has 0 radical (unpaired) electrons. The van der Waals surface area contributed by atoms with Gasteiger partial charge in [0.25, 0.3) is 0 Å². The summed E-state index contributed by atoms with van der Waals surface area (Å²) in [6.45, 7) is 1.24. The fraction of sp³-hybridized carbons (Fsp3) is 0.231. The lowest BCUT2D eigenvalue weighted by Gasteiger charge is -2.09. The Morgan fingerprint density at radius 3 is 2.42 bits per heavy atom. The molecule has 0 atom stereocenters.